The maximum atomic E-state index is 13.9. The second kappa shape index (κ2) is 6.94. The van der Waals surface area contributed by atoms with Crippen LogP contribution in [0.3, 0.4) is 0 Å². The molecule has 0 aliphatic carbocycles. The minimum Gasteiger partial charge on any atom is -0.348 e. The monoisotopic (exact) mass is 371 g/mol. The number of hydrogen-bond acceptors (Lipinski definition) is 3. The number of halogens is 2. The third kappa shape index (κ3) is 2.90. The predicted octanol–water partition coefficient (Wildman–Crippen LogP) is 3.61. The number of rotatable bonds is 4. The first-order chi connectivity index (χ1) is 13.1. The summed E-state index contributed by atoms with van der Waals surface area (Å²) in [5.74, 6) is -0.412. The van der Waals surface area contributed by atoms with Gasteiger partial charge in [0.15, 0.2) is 0 Å². The molecular formula is C19H19F2N5O. The van der Waals surface area contributed by atoms with Crippen molar-refractivity contribution in [3.8, 4) is 5.69 Å². The van der Waals surface area contributed by atoms with E-state index in [-0.39, 0.29) is 17.3 Å². The van der Waals surface area contributed by atoms with Crippen molar-refractivity contribution in [1.29, 1.82) is 0 Å². The van der Waals surface area contributed by atoms with Crippen LogP contribution in [0.15, 0.2) is 49.1 Å². The molecule has 1 atom stereocenters. The molecule has 1 unspecified atom stereocenters. The highest BCUT2D eigenvalue weighted by Crippen LogP contribution is 2.33. The first-order valence-corrected chi connectivity index (χ1v) is 8.84. The normalized spacial score (nSPS) is 16.6. The third-order valence-electron chi connectivity index (χ3n) is 4.96. The molecule has 1 aliphatic rings. The molecule has 4 heterocycles. The van der Waals surface area contributed by atoms with Gasteiger partial charge in [-0.25, -0.2) is 13.5 Å². The molecule has 4 rings (SSSR count). The summed E-state index contributed by atoms with van der Waals surface area (Å²) in [5.41, 5.74) is 1.03. The molecule has 8 heteroatoms. The highest BCUT2D eigenvalue weighted by molar-refractivity contribution is 5.95. The molecule has 140 valence electrons. The van der Waals surface area contributed by atoms with E-state index in [1.165, 1.54) is 18.6 Å². The second-order valence-corrected chi connectivity index (χ2v) is 6.41. The van der Waals surface area contributed by atoms with Crippen molar-refractivity contribution in [3.63, 3.8) is 0 Å². The first kappa shape index (κ1) is 17.4. The SMILES string of the molecule is CCC1c2cccn2CCN1C(=O)c1cnn(-c2ccncc2)c1C(F)F. The zero-order valence-electron chi connectivity index (χ0n) is 14.8. The van der Waals surface area contributed by atoms with Crippen LogP contribution in [-0.2, 0) is 6.54 Å². The Morgan fingerprint density at radius 2 is 2.04 bits per heavy atom. The van der Waals surface area contributed by atoms with E-state index < -0.39 is 12.3 Å². The maximum Gasteiger partial charge on any atom is 0.281 e. The Morgan fingerprint density at radius 1 is 1.26 bits per heavy atom. The van der Waals surface area contributed by atoms with Gasteiger partial charge >= 0.3 is 0 Å². The van der Waals surface area contributed by atoms with Gasteiger partial charge < -0.3 is 9.47 Å². The van der Waals surface area contributed by atoms with Gasteiger partial charge in [-0.05, 0) is 30.7 Å². The summed E-state index contributed by atoms with van der Waals surface area (Å²) in [5, 5.41) is 4.06. The van der Waals surface area contributed by atoms with Crippen LogP contribution in [0.5, 0.6) is 0 Å². The quantitative estimate of drug-likeness (QED) is 0.704. The minimum absolute atomic E-state index is 0.0553. The number of amides is 1. The predicted molar refractivity (Wildman–Crippen MR) is 94.8 cm³/mol. The molecule has 0 bridgehead atoms. The largest absolute Gasteiger partial charge is 0.348 e. The molecule has 3 aromatic heterocycles. The van der Waals surface area contributed by atoms with Gasteiger partial charge in [-0.15, -0.1) is 0 Å². The van der Waals surface area contributed by atoms with Gasteiger partial charge in [-0.3, -0.25) is 9.78 Å². The van der Waals surface area contributed by atoms with Gasteiger partial charge in [-0.2, -0.15) is 5.10 Å². The van der Waals surface area contributed by atoms with Crippen LogP contribution in [0.1, 0.15) is 47.6 Å². The Hall–Kier alpha value is -3.03. The summed E-state index contributed by atoms with van der Waals surface area (Å²) in [6, 6.07) is 6.93. The lowest BCUT2D eigenvalue weighted by molar-refractivity contribution is 0.0606. The van der Waals surface area contributed by atoms with Gasteiger partial charge in [-0.1, -0.05) is 6.92 Å². The number of alkyl halides is 2. The summed E-state index contributed by atoms with van der Waals surface area (Å²) < 4.78 is 30.9. The zero-order chi connectivity index (χ0) is 19.0. The van der Waals surface area contributed by atoms with Crippen molar-refractivity contribution >= 4 is 5.91 Å². The number of aromatic nitrogens is 4. The van der Waals surface area contributed by atoms with Crippen LogP contribution in [0.2, 0.25) is 0 Å². The molecular weight excluding hydrogens is 352 g/mol. The van der Waals surface area contributed by atoms with E-state index in [1.807, 2.05) is 25.3 Å². The molecule has 0 N–H and O–H groups in total. The highest BCUT2D eigenvalue weighted by atomic mass is 19.3. The topological polar surface area (TPSA) is 56.0 Å². The van der Waals surface area contributed by atoms with Crippen molar-refractivity contribution in [2.24, 2.45) is 0 Å². The average molecular weight is 371 g/mol. The van der Waals surface area contributed by atoms with Crippen LogP contribution in [0.25, 0.3) is 5.69 Å². The summed E-state index contributed by atoms with van der Waals surface area (Å²) >= 11 is 0. The van der Waals surface area contributed by atoms with E-state index in [4.69, 9.17) is 0 Å². The van der Waals surface area contributed by atoms with Crippen LogP contribution in [0.4, 0.5) is 8.78 Å². The van der Waals surface area contributed by atoms with E-state index in [0.717, 1.165) is 10.4 Å². The van der Waals surface area contributed by atoms with E-state index >= 15 is 0 Å². The number of carbonyl (C=O) groups is 1. The third-order valence-corrected chi connectivity index (χ3v) is 4.96. The van der Waals surface area contributed by atoms with Gasteiger partial charge in [0, 0.05) is 37.4 Å². The fraction of sp³-hybridized carbons (Fsp3) is 0.316. The molecule has 0 aromatic carbocycles. The molecule has 1 aliphatic heterocycles. The Morgan fingerprint density at radius 3 is 2.74 bits per heavy atom. The van der Waals surface area contributed by atoms with Crippen LogP contribution >= 0.6 is 0 Å². The van der Waals surface area contributed by atoms with E-state index in [9.17, 15) is 13.6 Å². The summed E-state index contributed by atoms with van der Waals surface area (Å²) in [4.78, 5) is 18.8. The van der Waals surface area contributed by atoms with Gasteiger partial charge in [0.1, 0.15) is 5.69 Å². The van der Waals surface area contributed by atoms with Crippen molar-refractivity contribution in [3.05, 3.63) is 66.0 Å². The summed E-state index contributed by atoms with van der Waals surface area (Å²) in [7, 11) is 0. The number of carbonyl (C=O) groups excluding carboxylic acids is 1. The fourth-order valence-corrected chi connectivity index (χ4v) is 3.72. The minimum atomic E-state index is -2.83. The molecule has 3 aromatic rings. The average Bonchev–Trinajstić information content (AvgIpc) is 3.34. The lowest BCUT2D eigenvalue weighted by atomic mass is 10.0. The Labute approximate surface area is 155 Å². The molecule has 0 radical (unpaired) electrons. The van der Waals surface area contributed by atoms with Crippen LogP contribution in [-0.4, -0.2) is 36.7 Å². The number of fused-ring (bicyclic) bond motifs is 1. The summed E-state index contributed by atoms with van der Waals surface area (Å²) in [6.07, 6.45) is 4.10. The molecule has 27 heavy (non-hydrogen) atoms. The maximum absolute atomic E-state index is 13.9. The lowest BCUT2D eigenvalue weighted by Gasteiger charge is -2.36. The fourth-order valence-electron chi connectivity index (χ4n) is 3.72. The molecule has 0 saturated heterocycles. The Balaban J connectivity index is 1.73. The van der Waals surface area contributed by atoms with Crippen molar-refractivity contribution < 1.29 is 13.6 Å². The van der Waals surface area contributed by atoms with Crippen molar-refractivity contribution in [2.45, 2.75) is 32.4 Å². The number of nitrogens with zero attached hydrogens (tertiary/aromatic N) is 5. The van der Waals surface area contributed by atoms with E-state index in [0.29, 0.717) is 25.2 Å². The molecule has 0 fully saturated rings. The molecule has 0 saturated carbocycles. The first-order valence-electron chi connectivity index (χ1n) is 8.84. The molecule has 1 amide bonds. The van der Waals surface area contributed by atoms with E-state index in [1.54, 1.807) is 17.0 Å². The van der Waals surface area contributed by atoms with Crippen molar-refractivity contribution in [1.82, 2.24) is 24.2 Å². The second-order valence-electron chi connectivity index (χ2n) is 6.41. The smallest absolute Gasteiger partial charge is 0.281 e. The van der Waals surface area contributed by atoms with Gasteiger partial charge in [0.25, 0.3) is 12.3 Å². The van der Waals surface area contributed by atoms with Gasteiger partial charge in [0.2, 0.25) is 0 Å². The number of pyridine rings is 1. The van der Waals surface area contributed by atoms with Crippen molar-refractivity contribution in [2.75, 3.05) is 6.54 Å². The highest BCUT2D eigenvalue weighted by Gasteiger charge is 2.34. The van der Waals surface area contributed by atoms with E-state index in [2.05, 4.69) is 14.6 Å². The summed E-state index contributed by atoms with van der Waals surface area (Å²) in [6.45, 7) is 3.11. The number of hydrogen-bond donors (Lipinski definition) is 0. The molecule has 6 nitrogen and oxygen atoms in total. The Kier molecular flexibility index (Phi) is 4.47. The standard InChI is InChI=1S/C19H19F2N5O/c1-2-15-16-4-3-9-24(16)10-11-25(15)19(27)14-12-23-26(17(14)18(20)21)13-5-7-22-8-6-13/h3-9,12,15,18H,2,10-11H2,1H3. The Bertz CT molecular complexity index is 950. The van der Waals surface area contributed by atoms with Gasteiger partial charge in [0.05, 0.1) is 23.5 Å². The molecule has 0 spiro atoms. The lowest BCUT2D eigenvalue weighted by Crippen LogP contribution is -2.42. The van der Waals surface area contributed by atoms with Crippen LogP contribution in [0, 0.1) is 0 Å². The van der Waals surface area contributed by atoms with Crippen LogP contribution < -0.4 is 0 Å². The zero-order valence-corrected chi connectivity index (χ0v) is 14.8.